The molecule has 0 bridgehead atoms. The minimum Gasteiger partial charge on any atom is -0.494 e. The van der Waals surface area contributed by atoms with Crippen LogP contribution in [0.15, 0.2) is 30.5 Å². The van der Waals surface area contributed by atoms with E-state index in [4.69, 9.17) is 4.74 Å². The Kier molecular flexibility index (Phi) is 4.84. The Bertz CT molecular complexity index is 733. The molecule has 0 aliphatic rings. The van der Waals surface area contributed by atoms with Crippen molar-refractivity contribution in [1.82, 2.24) is 9.78 Å². The van der Waals surface area contributed by atoms with Gasteiger partial charge in [-0.25, -0.2) is 4.68 Å². The van der Waals surface area contributed by atoms with Crippen molar-refractivity contribution in [2.75, 3.05) is 11.9 Å². The molecule has 1 amide bonds. The molecule has 0 saturated carbocycles. The number of amides is 1. The van der Waals surface area contributed by atoms with E-state index in [0.29, 0.717) is 11.3 Å². The fourth-order valence-electron chi connectivity index (χ4n) is 1.78. The fraction of sp³-hybridized carbons (Fsp3) is 0.231. The number of hydrogen-bond donors (Lipinski definition) is 1. The molecule has 0 saturated heterocycles. The Hall–Kier alpha value is -3.04. The van der Waals surface area contributed by atoms with Gasteiger partial charge >= 0.3 is 6.55 Å². The number of rotatable bonds is 6. The van der Waals surface area contributed by atoms with E-state index in [0.717, 1.165) is 18.3 Å². The van der Waals surface area contributed by atoms with E-state index in [9.17, 15) is 23.7 Å². The SMILES string of the molecule is CCOc1ccc(NC(=O)c2ccn(C(F)F)n2)c([N+](=O)[O-])c1. The molecule has 0 aliphatic heterocycles. The molecule has 0 spiro atoms. The van der Waals surface area contributed by atoms with Gasteiger partial charge in [0.15, 0.2) is 5.69 Å². The monoisotopic (exact) mass is 326 g/mol. The van der Waals surface area contributed by atoms with Gasteiger partial charge < -0.3 is 10.1 Å². The summed E-state index contributed by atoms with van der Waals surface area (Å²) in [4.78, 5) is 22.3. The first-order chi connectivity index (χ1) is 10.9. The highest BCUT2D eigenvalue weighted by atomic mass is 19.3. The molecule has 1 heterocycles. The van der Waals surface area contributed by atoms with Crippen LogP contribution in [0.3, 0.4) is 0 Å². The molecule has 0 aliphatic carbocycles. The molecule has 1 aromatic heterocycles. The highest BCUT2D eigenvalue weighted by Gasteiger charge is 2.20. The van der Waals surface area contributed by atoms with Crippen LogP contribution in [-0.2, 0) is 0 Å². The maximum Gasteiger partial charge on any atom is 0.333 e. The highest BCUT2D eigenvalue weighted by Crippen LogP contribution is 2.29. The number of carbonyl (C=O) groups excluding carboxylic acids is 1. The first-order valence-corrected chi connectivity index (χ1v) is 6.48. The Balaban J connectivity index is 2.24. The van der Waals surface area contributed by atoms with E-state index < -0.39 is 17.4 Å². The number of nitro benzene ring substituents is 1. The maximum absolute atomic E-state index is 12.4. The molecular formula is C13H12F2N4O4. The van der Waals surface area contributed by atoms with Gasteiger partial charge in [-0.2, -0.15) is 13.9 Å². The smallest absolute Gasteiger partial charge is 0.333 e. The molecule has 0 fully saturated rings. The minimum atomic E-state index is -2.88. The van der Waals surface area contributed by atoms with E-state index in [1.165, 1.54) is 12.1 Å². The number of alkyl halides is 2. The second-order valence-electron chi connectivity index (χ2n) is 4.28. The third-order valence-corrected chi connectivity index (χ3v) is 2.77. The number of nitrogens with zero attached hydrogens (tertiary/aromatic N) is 3. The van der Waals surface area contributed by atoms with Gasteiger partial charge in [-0.3, -0.25) is 14.9 Å². The summed E-state index contributed by atoms with van der Waals surface area (Å²) in [6.07, 6.45) is 0.937. The average molecular weight is 326 g/mol. The van der Waals surface area contributed by atoms with Crippen LogP contribution in [0.25, 0.3) is 0 Å². The third-order valence-electron chi connectivity index (χ3n) is 2.77. The average Bonchev–Trinajstić information content (AvgIpc) is 2.99. The van der Waals surface area contributed by atoms with E-state index in [-0.39, 0.29) is 22.8 Å². The number of hydrogen-bond acceptors (Lipinski definition) is 5. The molecule has 122 valence electrons. The zero-order valence-corrected chi connectivity index (χ0v) is 11.9. The van der Waals surface area contributed by atoms with Crippen LogP contribution in [0.5, 0.6) is 5.75 Å². The Labute approximate surface area is 128 Å². The van der Waals surface area contributed by atoms with Gasteiger partial charge in [-0.05, 0) is 25.1 Å². The minimum absolute atomic E-state index is 0.0879. The second kappa shape index (κ2) is 6.81. The molecule has 2 rings (SSSR count). The molecule has 23 heavy (non-hydrogen) atoms. The Morgan fingerprint density at radius 3 is 2.78 bits per heavy atom. The van der Waals surface area contributed by atoms with Crippen molar-refractivity contribution in [2.24, 2.45) is 0 Å². The summed E-state index contributed by atoms with van der Waals surface area (Å²) >= 11 is 0. The Morgan fingerprint density at radius 2 is 2.22 bits per heavy atom. The number of halogens is 2. The Morgan fingerprint density at radius 1 is 1.48 bits per heavy atom. The van der Waals surface area contributed by atoms with Gasteiger partial charge in [-0.15, -0.1) is 0 Å². The lowest BCUT2D eigenvalue weighted by Crippen LogP contribution is -2.14. The lowest BCUT2D eigenvalue weighted by Gasteiger charge is -2.07. The number of nitrogens with one attached hydrogen (secondary N) is 1. The first kappa shape index (κ1) is 16.3. The highest BCUT2D eigenvalue weighted by molar-refractivity contribution is 6.04. The first-order valence-electron chi connectivity index (χ1n) is 6.48. The van der Waals surface area contributed by atoms with Crippen molar-refractivity contribution < 1.29 is 23.2 Å². The lowest BCUT2D eigenvalue weighted by molar-refractivity contribution is -0.384. The van der Waals surface area contributed by atoms with Gasteiger partial charge in [0.1, 0.15) is 11.4 Å². The summed E-state index contributed by atoms with van der Waals surface area (Å²) in [5, 5.41) is 16.7. The van der Waals surface area contributed by atoms with Crippen molar-refractivity contribution in [3.63, 3.8) is 0 Å². The molecular weight excluding hydrogens is 314 g/mol. The van der Waals surface area contributed by atoms with Crippen LogP contribution in [-0.4, -0.2) is 27.2 Å². The van der Waals surface area contributed by atoms with E-state index >= 15 is 0 Å². The maximum atomic E-state index is 12.4. The van der Waals surface area contributed by atoms with Gasteiger partial charge in [-0.1, -0.05) is 0 Å². The standard InChI is InChI=1S/C13H12F2N4O4/c1-2-23-8-3-4-9(11(7-8)19(21)22)16-12(20)10-5-6-18(17-10)13(14)15/h3-7,13H,2H2,1H3,(H,16,20). The van der Waals surface area contributed by atoms with Crippen molar-refractivity contribution in [3.8, 4) is 5.75 Å². The third kappa shape index (κ3) is 3.78. The number of nitro groups is 1. The summed E-state index contributed by atoms with van der Waals surface area (Å²) in [5.41, 5.74) is -0.749. The molecule has 0 atom stereocenters. The number of benzene rings is 1. The molecule has 1 aromatic carbocycles. The van der Waals surface area contributed by atoms with Gasteiger partial charge in [0.05, 0.1) is 17.6 Å². The van der Waals surface area contributed by atoms with Crippen LogP contribution in [0.2, 0.25) is 0 Å². The van der Waals surface area contributed by atoms with Crippen LogP contribution >= 0.6 is 0 Å². The van der Waals surface area contributed by atoms with Crippen molar-refractivity contribution in [1.29, 1.82) is 0 Å². The fourth-order valence-corrected chi connectivity index (χ4v) is 1.78. The summed E-state index contributed by atoms with van der Waals surface area (Å²) < 4.78 is 30.3. The predicted octanol–water partition coefficient (Wildman–Crippen LogP) is 2.84. The zero-order chi connectivity index (χ0) is 17.0. The zero-order valence-electron chi connectivity index (χ0n) is 11.9. The number of ether oxygens (including phenoxy) is 1. The number of anilines is 1. The summed E-state index contributed by atoms with van der Waals surface area (Å²) in [6.45, 7) is -0.828. The molecule has 2 aromatic rings. The summed E-state index contributed by atoms with van der Waals surface area (Å²) in [7, 11) is 0. The van der Waals surface area contributed by atoms with E-state index in [1.807, 2.05) is 0 Å². The van der Waals surface area contributed by atoms with Crippen LogP contribution < -0.4 is 10.1 Å². The van der Waals surface area contributed by atoms with E-state index in [1.54, 1.807) is 6.92 Å². The molecule has 0 unspecified atom stereocenters. The van der Waals surface area contributed by atoms with Crippen molar-refractivity contribution >= 4 is 17.3 Å². The summed E-state index contributed by atoms with van der Waals surface area (Å²) in [6, 6.07) is 4.99. The second-order valence-corrected chi connectivity index (χ2v) is 4.28. The largest absolute Gasteiger partial charge is 0.494 e. The van der Waals surface area contributed by atoms with Crippen LogP contribution in [0.4, 0.5) is 20.2 Å². The normalized spacial score (nSPS) is 10.6. The van der Waals surface area contributed by atoms with Crippen LogP contribution in [0.1, 0.15) is 24.0 Å². The predicted molar refractivity (Wildman–Crippen MR) is 75.7 cm³/mol. The van der Waals surface area contributed by atoms with Gasteiger partial charge in [0.2, 0.25) is 0 Å². The van der Waals surface area contributed by atoms with Crippen molar-refractivity contribution in [2.45, 2.75) is 13.5 Å². The number of aromatic nitrogens is 2. The molecule has 10 heteroatoms. The van der Waals surface area contributed by atoms with Gasteiger partial charge in [0.25, 0.3) is 11.6 Å². The number of carbonyl (C=O) groups is 1. The molecule has 1 N–H and O–H groups in total. The van der Waals surface area contributed by atoms with Crippen molar-refractivity contribution in [3.05, 3.63) is 46.3 Å². The van der Waals surface area contributed by atoms with E-state index in [2.05, 4.69) is 10.4 Å². The summed E-state index contributed by atoms with van der Waals surface area (Å²) in [5.74, 6) is -0.559. The topological polar surface area (TPSA) is 99.3 Å². The lowest BCUT2D eigenvalue weighted by atomic mass is 10.2. The van der Waals surface area contributed by atoms with Gasteiger partial charge in [0, 0.05) is 6.20 Å². The quantitative estimate of drug-likeness (QED) is 0.650. The van der Waals surface area contributed by atoms with Crippen LogP contribution in [0, 0.1) is 10.1 Å². The molecule has 0 radical (unpaired) electrons. The molecule has 8 nitrogen and oxygen atoms in total.